The van der Waals surface area contributed by atoms with E-state index in [1.165, 1.54) is 19.2 Å². The Morgan fingerprint density at radius 2 is 1.84 bits per heavy atom. The van der Waals surface area contributed by atoms with Crippen LogP contribution in [0.5, 0.6) is 11.5 Å². The highest BCUT2D eigenvalue weighted by Gasteiger charge is 2.32. The summed E-state index contributed by atoms with van der Waals surface area (Å²) in [6.45, 7) is 4.92. The Morgan fingerprint density at radius 3 is 2.48 bits per heavy atom. The van der Waals surface area contributed by atoms with E-state index in [0.29, 0.717) is 34.0 Å². The summed E-state index contributed by atoms with van der Waals surface area (Å²) < 4.78 is 50.2. The third-order valence-electron chi connectivity index (χ3n) is 4.54. The number of ether oxygens (including phenoxy) is 2. The van der Waals surface area contributed by atoms with Crippen molar-refractivity contribution in [1.82, 2.24) is 15.0 Å². The molecule has 3 rings (SSSR count). The van der Waals surface area contributed by atoms with Gasteiger partial charge in [-0.1, -0.05) is 6.07 Å². The highest BCUT2D eigenvalue weighted by atomic mass is 19.4. The predicted molar refractivity (Wildman–Crippen MR) is 109 cm³/mol. The average Bonchev–Trinajstić information content (AvgIpc) is 2.72. The number of nitrogens with zero attached hydrogens (tertiary/aromatic N) is 3. The summed E-state index contributed by atoms with van der Waals surface area (Å²) in [6.07, 6.45) is -5.00. The molecular weight excluding hydrogens is 413 g/mol. The van der Waals surface area contributed by atoms with Crippen molar-refractivity contribution in [3.63, 3.8) is 0 Å². The molecule has 0 aliphatic rings. The van der Waals surface area contributed by atoms with Crippen molar-refractivity contribution in [2.24, 2.45) is 0 Å². The third-order valence-corrected chi connectivity index (χ3v) is 4.54. The lowest BCUT2D eigenvalue weighted by Crippen LogP contribution is -2.17. The number of rotatable bonds is 7. The molecular formula is C21H23F3N4O3. The maximum Gasteiger partial charge on any atom is 0.433 e. The maximum atomic E-state index is 13.0. The van der Waals surface area contributed by atoms with Crippen molar-refractivity contribution in [3.8, 4) is 11.5 Å². The van der Waals surface area contributed by atoms with Crippen LogP contribution in [0.3, 0.4) is 0 Å². The molecule has 0 amide bonds. The summed E-state index contributed by atoms with van der Waals surface area (Å²) in [5.41, 5.74) is -0.168. The van der Waals surface area contributed by atoms with Crippen LogP contribution in [-0.2, 0) is 6.18 Å². The number of aliphatic hydroxyl groups is 1. The van der Waals surface area contributed by atoms with E-state index in [-0.39, 0.29) is 12.3 Å². The molecule has 2 aromatic heterocycles. The maximum absolute atomic E-state index is 13.0. The minimum absolute atomic E-state index is 0.186. The van der Waals surface area contributed by atoms with Crippen LogP contribution in [0.25, 0.3) is 10.9 Å². The van der Waals surface area contributed by atoms with E-state index >= 15 is 0 Å². The molecule has 2 heterocycles. The SMILES string of the molecule is COc1cc2nc(C)nc(N[C@H](C)c3cccc(C(F)(F)F)n3)c2cc1OC(C)CO. The molecule has 3 aromatic rings. The summed E-state index contributed by atoms with van der Waals surface area (Å²) in [7, 11) is 1.49. The average molecular weight is 436 g/mol. The minimum Gasteiger partial charge on any atom is -0.493 e. The fourth-order valence-electron chi connectivity index (χ4n) is 3.00. The number of hydrogen-bond donors (Lipinski definition) is 2. The molecule has 0 fully saturated rings. The highest BCUT2D eigenvalue weighted by Crippen LogP contribution is 2.36. The Kier molecular flexibility index (Phi) is 6.49. The standard InChI is InChI=1S/C21H23F3N4O3/c1-11(10-29)31-18-8-14-16(9-17(18)30-4)26-13(3)27-20(14)25-12(2)15-6-5-7-19(28-15)21(22,23)24/h5-9,11-12,29H,10H2,1-4H3,(H,25,26,27)/t11?,12-/m1/s1. The molecule has 0 bridgehead atoms. The molecule has 2 atom stereocenters. The first-order valence-electron chi connectivity index (χ1n) is 9.57. The summed E-state index contributed by atoms with van der Waals surface area (Å²) >= 11 is 0. The van der Waals surface area contributed by atoms with Crippen LogP contribution in [-0.4, -0.2) is 39.9 Å². The lowest BCUT2D eigenvalue weighted by atomic mass is 10.1. The number of aromatic nitrogens is 3. The van der Waals surface area contributed by atoms with Crippen LogP contribution in [0, 0.1) is 6.92 Å². The van der Waals surface area contributed by atoms with E-state index in [4.69, 9.17) is 9.47 Å². The van der Waals surface area contributed by atoms with Crippen LogP contribution in [0.4, 0.5) is 19.0 Å². The highest BCUT2D eigenvalue weighted by molar-refractivity contribution is 5.92. The topological polar surface area (TPSA) is 89.4 Å². The van der Waals surface area contributed by atoms with Crippen molar-refractivity contribution in [3.05, 3.63) is 47.5 Å². The number of fused-ring (bicyclic) bond motifs is 1. The monoisotopic (exact) mass is 436 g/mol. The Labute approximate surface area is 177 Å². The van der Waals surface area contributed by atoms with Gasteiger partial charge in [0.1, 0.15) is 23.4 Å². The summed E-state index contributed by atoms with van der Waals surface area (Å²) in [6, 6.07) is 6.56. The van der Waals surface area contributed by atoms with Crippen LogP contribution < -0.4 is 14.8 Å². The lowest BCUT2D eigenvalue weighted by Gasteiger charge is -2.19. The molecule has 31 heavy (non-hydrogen) atoms. The van der Waals surface area contributed by atoms with Gasteiger partial charge in [-0.2, -0.15) is 13.2 Å². The number of aliphatic hydroxyl groups excluding tert-OH is 1. The summed E-state index contributed by atoms with van der Waals surface area (Å²) in [4.78, 5) is 12.6. The van der Waals surface area contributed by atoms with Gasteiger partial charge in [-0.25, -0.2) is 15.0 Å². The van der Waals surface area contributed by atoms with Crippen molar-refractivity contribution in [1.29, 1.82) is 0 Å². The van der Waals surface area contributed by atoms with Gasteiger partial charge in [-0.3, -0.25) is 0 Å². The van der Waals surface area contributed by atoms with Gasteiger partial charge in [0.25, 0.3) is 0 Å². The van der Waals surface area contributed by atoms with Crippen molar-refractivity contribution in [2.75, 3.05) is 19.0 Å². The van der Waals surface area contributed by atoms with Gasteiger partial charge in [0.05, 0.1) is 31.0 Å². The molecule has 0 aliphatic carbocycles. The quantitative estimate of drug-likeness (QED) is 0.571. The zero-order chi connectivity index (χ0) is 22.8. The van der Waals surface area contributed by atoms with Gasteiger partial charge < -0.3 is 19.9 Å². The van der Waals surface area contributed by atoms with E-state index in [0.717, 1.165) is 6.07 Å². The molecule has 0 radical (unpaired) electrons. The first-order valence-corrected chi connectivity index (χ1v) is 9.57. The molecule has 0 spiro atoms. The Morgan fingerprint density at radius 1 is 1.10 bits per heavy atom. The van der Waals surface area contributed by atoms with E-state index < -0.39 is 24.0 Å². The molecule has 2 N–H and O–H groups in total. The summed E-state index contributed by atoms with van der Waals surface area (Å²) in [5, 5.41) is 13.0. The second kappa shape index (κ2) is 8.93. The number of anilines is 1. The molecule has 166 valence electrons. The number of pyridine rings is 1. The largest absolute Gasteiger partial charge is 0.493 e. The van der Waals surface area contributed by atoms with Crippen molar-refractivity contribution < 1.29 is 27.8 Å². The first-order chi connectivity index (χ1) is 14.6. The zero-order valence-electron chi connectivity index (χ0n) is 17.5. The van der Waals surface area contributed by atoms with E-state index in [2.05, 4.69) is 20.3 Å². The third kappa shape index (κ3) is 5.13. The first kappa shape index (κ1) is 22.5. The van der Waals surface area contributed by atoms with Crippen LogP contribution in [0.2, 0.25) is 0 Å². The molecule has 0 saturated heterocycles. The van der Waals surface area contributed by atoms with Crippen LogP contribution in [0.1, 0.15) is 37.1 Å². The van der Waals surface area contributed by atoms with Gasteiger partial charge in [-0.05, 0) is 39.0 Å². The number of alkyl halides is 3. The molecule has 1 aromatic carbocycles. The molecule has 7 nitrogen and oxygen atoms in total. The second-order valence-corrected chi connectivity index (χ2v) is 7.06. The number of halogens is 3. The molecule has 0 saturated carbocycles. The van der Waals surface area contributed by atoms with Gasteiger partial charge >= 0.3 is 6.18 Å². The Balaban J connectivity index is 2.02. The fraction of sp³-hybridized carbons (Fsp3) is 0.381. The van der Waals surface area contributed by atoms with E-state index in [9.17, 15) is 18.3 Å². The normalized spacial score (nSPS) is 13.7. The summed E-state index contributed by atoms with van der Waals surface area (Å²) in [5.74, 6) is 1.71. The van der Waals surface area contributed by atoms with Gasteiger partial charge in [0.15, 0.2) is 11.5 Å². The van der Waals surface area contributed by atoms with E-state index in [1.54, 1.807) is 32.9 Å². The lowest BCUT2D eigenvalue weighted by molar-refractivity contribution is -0.141. The zero-order valence-corrected chi connectivity index (χ0v) is 17.5. The van der Waals surface area contributed by atoms with Crippen molar-refractivity contribution >= 4 is 16.7 Å². The number of hydrogen-bond acceptors (Lipinski definition) is 7. The number of aryl methyl sites for hydroxylation is 1. The van der Waals surface area contributed by atoms with Crippen LogP contribution in [0.15, 0.2) is 30.3 Å². The number of nitrogens with one attached hydrogen (secondary N) is 1. The minimum atomic E-state index is -4.53. The molecule has 1 unspecified atom stereocenters. The van der Waals surface area contributed by atoms with Gasteiger partial charge in [-0.15, -0.1) is 0 Å². The van der Waals surface area contributed by atoms with Crippen LogP contribution >= 0.6 is 0 Å². The van der Waals surface area contributed by atoms with E-state index in [1.807, 2.05) is 0 Å². The van der Waals surface area contributed by atoms with Gasteiger partial charge in [0.2, 0.25) is 0 Å². The van der Waals surface area contributed by atoms with Crippen molar-refractivity contribution in [2.45, 2.75) is 39.1 Å². The second-order valence-electron chi connectivity index (χ2n) is 7.06. The Hall–Kier alpha value is -3.14. The molecule has 0 aliphatic heterocycles. The fourth-order valence-corrected chi connectivity index (χ4v) is 3.00. The number of methoxy groups -OCH3 is 1. The predicted octanol–water partition coefficient (Wildman–Crippen LogP) is 4.29. The number of benzene rings is 1. The molecule has 10 heteroatoms. The smallest absolute Gasteiger partial charge is 0.433 e. The Bertz CT molecular complexity index is 1080. The van der Waals surface area contributed by atoms with Gasteiger partial charge in [0, 0.05) is 11.5 Å².